The van der Waals surface area contributed by atoms with E-state index in [9.17, 15) is 4.79 Å². The standard InChI is InChI=1S/C10H15NOS2/c1-7(9-5-4-6-14-9)11-10(12)8(2)13-3/h4-8H,1-3H3,(H,11,12)/t7-,8-/m0/s1. The Hall–Kier alpha value is -0.480. The first kappa shape index (κ1) is 11.6. The van der Waals surface area contributed by atoms with Gasteiger partial charge < -0.3 is 5.32 Å². The van der Waals surface area contributed by atoms with Crippen molar-refractivity contribution in [3.05, 3.63) is 22.4 Å². The van der Waals surface area contributed by atoms with E-state index in [0.717, 1.165) is 0 Å². The summed E-state index contributed by atoms with van der Waals surface area (Å²) in [5.41, 5.74) is 0. The molecule has 2 nitrogen and oxygen atoms in total. The molecule has 1 N–H and O–H groups in total. The Morgan fingerprint density at radius 1 is 1.57 bits per heavy atom. The van der Waals surface area contributed by atoms with Gasteiger partial charge in [-0.2, -0.15) is 11.8 Å². The number of hydrogen-bond acceptors (Lipinski definition) is 3. The summed E-state index contributed by atoms with van der Waals surface area (Å²) in [5, 5.41) is 5.03. The predicted molar refractivity (Wildman–Crippen MR) is 63.9 cm³/mol. The van der Waals surface area contributed by atoms with Crippen LogP contribution in [-0.2, 0) is 4.79 Å². The van der Waals surface area contributed by atoms with Crippen LogP contribution in [-0.4, -0.2) is 17.4 Å². The molecule has 78 valence electrons. The fourth-order valence-electron chi connectivity index (χ4n) is 1.05. The number of rotatable bonds is 4. The fraction of sp³-hybridized carbons (Fsp3) is 0.500. The molecule has 0 unspecified atom stereocenters. The van der Waals surface area contributed by atoms with Crippen molar-refractivity contribution < 1.29 is 4.79 Å². The van der Waals surface area contributed by atoms with Crippen LogP contribution in [0, 0.1) is 0 Å². The third-order valence-electron chi connectivity index (χ3n) is 2.05. The van der Waals surface area contributed by atoms with Gasteiger partial charge in [0.05, 0.1) is 11.3 Å². The van der Waals surface area contributed by atoms with Crippen LogP contribution in [0.2, 0.25) is 0 Å². The average Bonchev–Trinajstić information content (AvgIpc) is 2.69. The molecular formula is C10H15NOS2. The molecule has 4 heteroatoms. The van der Waals surface area contributed by atoms with Crippen molar-refractivity contribution in [1.29, 1.82) is 0 Å². The van der Waals surface area contributed by atoms with E-state index in [0.29, 0.717) is 0 Å². The van der Waals surface area contributed by atoms with Crippen LogP contribution < -0.4 is 5.32 Å². The number of nitrogens with one attached hydrogen (secondary N) is 1. The van der Waals surface area contributed by atoms with E-state index in [1.807, 2.05) is 37.6 Å². The topological polar surface area (TPSA) is 29.1 Å². The zero-order valence-electron chi connectivity index (χ0n) is 8.61. The molecule has 0 saturated heterocycles. The van der Waals surface area contributed by atoms with E-state index >= 15 is 0 Å². The van der Waals surface area contributed by atoms with Crippen LogP contribution in [0.1, 0.15) is 24.8 Å². The van der Waals surface area contributed by atoms with Crippen molar-refractivity contribution in [3.8, 4) is 0 Å². The summed E-state index contributed by atoms with van der Waals surface area (Å²) in [4.78, 5) is 12.8. The average molecular weight is 229 g/mol. The smallest absolute Gasteiger partial charge is 0.233 e. The lowest BCUT2D eigenvalue weighted by atomic mass is 10.2. The van der Waals surface area contributed by atoms with E-state index in [1.165, 1.54) is 4.88 Å². The molecule has 1 aromatic rings. The van der Waals surface area contributed by atoms with Crippen molar-refractivity contribution in [2.45, 2.75) is 25.1 Å². The molecule has 1 amide bonds. The molecule has 0 aliphatic heterocycles. The highest BCUT2D eigenvalue weighted by Crippen LogP contribution is 2.18. The first-order valence-electron chi connectivity index (χ1n) is 4.51. The zero-order chi connectivity index (χ0) is 10.6. The summed E-state index contributed by atoms with van der Waals surface area (Å²) < 4.78 is 0. The maximum absolute atomic E-state index is 11.6. The summed E-state index contributed by atoms with van der Waals surface area (Å²) in [7, 11) is 0. The summed E-state index contributed by atoms with van der Waals surface area (Å²) in [6.07, 6.45) is 1.94. The molecular weight excluding hydrogens is 214 g/mol. The highest BCUT2D eigenvalue weighted by Gasteiger charge is 2.15. The van der Waals surface area contributed by atoms with Crippen LogP contribution in [0.3, 0.4) is 0 Å². The molecule has 1 rings (SSSR count). The van der Waals surface area contributed by atoms with Gasteiger partial charge in [0, 0.05) is 4.88 Å². The Balaban J connectivity index is 2.49. The van der Waals surface area contributed by atoms with E-state index in [2.05, 4.69) is 5.32 Å². The molecule has 0 aliphatic carbocycles. The number of thiophene rings is 1. The molecule has 0 aromatic carbocycles. The summed E-state index contributed by atoms with van der Waals surface area (Å²) in [6.45, 7) is 3.93. The molecule has 0 bridgehead atoms. The van der Waals surface area contributed by atoms with Crippen LogP contribution >= 0.6 is 23.1 Å². The van der Waals surface area contributed by atoms with Crippen molar-refractivity contribution in [3.63, 3.8) is 0 Å². The maximum Gasteiger partial charge on any atom is 0.233 e. The lowest BCUT2D eigenvalue weighted by molar-refractivity contribution is -0.120. The van der Waals surface area contributed by atoms with Gasteiger partial charge >= 0.3 is 0 Å². The second-order valence-corrected chi connectivity index (χ2v) is 5.28. The molecule has 0 aliphatic rings. The largest absolute Gasteiger partial charge is 0.348 e. The highest BCUT2D eigenvalue weighted by atomic mass is 32.2. The Morgan fingerprint density at radius 3 is 2.79 bits per heavy atom. The summed E-state index contributed by atoms with van der Waals surface area (Å²) in [5.74, 6) is 0.110. The Morgan fingerprint density at radius 2 is 2.29 bits per heavy atom. The van der Waals surface area contributed by atoms with Crippen molar-refractivity contribution in [2.24, 2.45) is 0 Å². The molecule has 2 atom stereocenters. The van der Waals surface area contributed by atoms with Crippen molar-refractivity contribution >= 4 is 29.0 Å². The van der Waals surface area contributed by atoms with Gasteiger partial charge in [-0.25, -0.2) is 0 Å². The van der Waals surface area contributed by atoms with Gasteiger partial charge in [0.2, 0.25) is 5.91 Å². The van der Waals surface area contributed by atoms with Crippen LogP contribution in [0.5, 0.6) is 0 Å². The Kier molecular flexibility index (Phi) is 4.48. The Bertz CT molecular complexity index is 284. The van der Waals surface area contributed by atoms with Gasteiger partial charge in [-0.1, -0.05) is 6.07 Å². The zero-order valence-corrected chi connectivity index (χ0v) is 10.2. The minimum Gasteiger partial charge on any atom is -0.348 e. The first-order chi connectivity index (χ1) is 6.65. The third kappa shape index (κ3) is 3.03. The van der Waals surface area contributed by atoms with Gasteiger partial charge in [0.25, 0.3) is 0 Å². The molecule has 14 heavy (non-hydrogen) atoms. The van der Waals surface area contributed by atoms with Gasteiger partial charge in [-0.3, -0.25) is 4.79 Å². The molecule has 0 radical (unpaired) electrons. The normalized spacial score (nSPS) is 14.8. The van der Waals surface area contributed by atoms with Gasteiger partial charge in [-0.05, 0) is 31.5 Å². The van der Waals surface area contributed by atoms with Gasteiger partial charge in [0.1, 0.15) is 0 Å². The van der Waals surface area contributed by atoms with Crippen LogP contribution in [0.15, 0.2) is 17.5 Å². The number of carbonyl (C=O) groups is 1. The molecule has 0 spiro atoms. The quantitative estimate of drug-likeness (QED) is 0.860. The monoisotopic (exact) mass is 229 g/mol. The number of hydrogen-bond donors (Lipinski definition) is 1. The molecule has 1 heterocycles. The second-order valence-electron chi connectivity index (χ2n) is 3.12. The van der Waals surface area contributed by atoms with Crippen molar-refractivity contribution in [1.82, 2.24) is 5.32 Å². The van der Waals surface area contributed by atoms with Crippen molar-refractivity contribution in [2.75, 3.05) is 6.26 Å². The molecule has 0 fully saturated rings. The number of amides is 1. The van der Waals surface area contributed by atoms with Gasteiger partial charge in [0.15, 0.2) is 0 Å². The maximum atomic E-state index is 11.6. The minimum absolute atomic E-state index is 0.0254. The van der Waals surface area contributed by atoms with Crippen LogP contribution in [0.4, 0.5) is 0 Å². The van der Waals surface area contributed by atoms with E-state index in [1.54, 1.807) is 23.1 Å². The highest BCUT2D eigenvalue weighted by molar-refractivity contribution is 7.99. The Labute approximate surface area is 93.1 Å². The molecule has 1 aromatic heterocycles. The number of thioether (sulfide) groups is 1. The van der Waals surface area contributed by atoms with Crippen LogP contribution in [0.25, 0.3) is 0 Å². The molecule has 0 saturated carbocycles. The lowest BCUT2D eigenvalue weighted by Crippen LogP contribution is -2.32. The summed E-state index contributed by atoms with van der Waals surface area (Å²) in [6, 6.07) is 4.16. The van der Waals surface area contributed by atoms with E-state index in [4.69, 9.17) is 0 Å². The lowest BCUT2D eigenvalue weighted by Gasteiger charge is -2.14. The second kappa shape index (κ2) is 5.41. The summed E-state index contributed by atoms with van der Waals surface area (Å²) >= 11 is 3.23. The van der Waals surface area contributed by atoms with E-state index < -0.39 is 0 Å². The third-order valence-corrected chi connectivity index (χ3v) is 4.03. The predicted octanol–water partition coefficient (Wildman–Crippen LogP) is 2.68. The first-order valence-corrected chi connectivity index (χ1v) is 6.68. The SMILES string of the molecule is CS[C@@H](C)C(=O)N[C@@H](C)c1cccs1. The number of carbonyl (C=O) groups excluding carboxylic acids is 1. The van der Waals surface area contributed by atoms with E-state index in [-0.39, 0.29) is 17.2 Å². The minimum atomic E-state index is 0.0254. The van der Waals surface area contributed by atoms with Gasteiger partial charge in [-0.15, -0.1) is 11.3 Å². The fourth-order valence-corrected chi connectivity index (χ4v) is 2.06.